The van der Waals surface area contributed by atoms with E-state index in [0.717, 1.165) is 76.6 Å². The first-order valence-corrected chi connectivity index (χ1v) is 8.99. The summed E-state index contributed by atoms with van der Waals surface area (Å²) in [5, 5.41) is 0. The van der Waals surface area contributed by atoms with Gasteiger partial charge in [-0.1, -0.05) is 17.7 Å². The fraction of sp³-hybridized carbons (Fsp3) is 0.632. The molecule has 5 nitrogen and oxygen atoms in total. The minimum Gasteiger partial charge on any atom is -0.381 e. The van der Waals surface area contributed by atoms with E-state index in [2.05, 4.69) is 9.80 Å². The van der Waals surface area contributed by atoms with E-state index in [4.69, 9.17) is 9.47 Å². The van der Waals surface area contributed by atoms with Crippen molar-refractivity contribution in [1.82, 2.24) is 9.80 Å². The van der Waals surface area contributed by atoms with Crippen molar-refractivity contribution in [2.75, 3.05) is 52.6 Å². The Morgan fingerprint density at radius 3 is 2.58 bits per heavy atom. The summed E-state index contributed by atoms with van der Waals surface area (Å²) in [6, 6.07) is 8.20. The van der Waals surface area contributed by atoms with Gasteiger partial charge in [0.25, 0.3) is 5.91 Å². The van der Waals surface area contributed by atoms with Crippen LogP contribution in [0.5, 0.6) is 0 Å². The van der Waals surface area contributed by atoms with E-state index in [1.54, 1.807) is 0 Å². The second-order valence-corrected chi connectivity index (χ2v) is 6.67. The molecule has 2 saturated heterocycles. The summed E-state index contributed by atoms with van der Waals surface area (Å²) in [4.78, 5) is 17.6. The summed E-state index contributed by atoms with van der Waals surface area (Å²) >= 11 is 0. The SMILES string of the molecule is Cc1cccc(C(=O)N(CCN2CCOCC2)C2CCOCC2)c1. The molecule has 0 spiro atoms. The Morgan fingerprint density at radius 2 is 1.88 bits per heavy atom. The third kappa shape index (κ3) is 4.56. The van der Waals surface area contributed by atoms with Crippen LogP contribution in [0.4, 0.5) is 0 Å². The monoisotopic (exact) mass is 332 g/mol. The Bertz CT molecular complexity index is 537. The van der Waals surface area contributed by atoms with Crippen LogP contribution in [-0.2, 0) is 9.47 Å². The van der Waals surface area contributed by atoms with Crippen LogP contribution < -0.4 is 0 Å². The minimum absolute atomic E-state index is 0.152. The van der Waals surface area contributed by atoms with Crippen molar-refractivity contribution < 1.29 is 14.3 Å². The van der Waals surface area contributed by atoms with E-state index in [1.807, 2.05) is 31.2 Å². The first-order valence-electron chi connectivity index (χ1n) is 8.99. The van der Waals surface area contributed by atoms with Gasteiger partial charge in [0, 0.05) is 51.0 Å². The molecule has 0 atom stereocenters. The molecule has 132 valence electrons. The predicted molar refractivity (Wildman–Crippen MR) is 93.3 cm³/mol. The number of aryl methyl sites for hydroxylation is 1. The molecule has 0 bridgehead atoms. The number of benzene rings is 1. The molecule has 1 aromatic carbocycles. The van der Waals surface area contributed by atoms with Crippen molar-refractivity contribution >= 4 is 5.91 Å². The van der Waals surface area contributed by atoms with Gasteiger partial charge in [0.05, 0.1) is 13.2 Å². The summed E-state index contributed by atoms with van der Waals surface area (Å²) < 4.78 is 10.9. The number of nitrogens with zero attached hydrogens (tertiary/aromatic N) is 2. The molecular weight excluding hydrogens is 304 g/mol. The average molecular weight is 332 g/mol. The summed E-state index contributed by atoms with van der Waals surface area (Å²) in [5.74, 6) is 0.152. The number of carbonyl (C=O) groups excluding carboxylic acids is 1. The second kappa shape index (κ2) is 8.60. The van der Waals surface area contributed by atoms with E-state index in [9.17, 15) is 4.79 Å². The van der Waals surface area contributed by atoms with Crippen molar-refractivity contribution in [3.05, 3.63) is 35.4 Å². The lowest BCUT2D eigenvalue weighted by atomic mass is 10.0. The quantitative estimate of drug-likeness (QED) is 0.826. The van der Waals surface area contributed by atoms with Gasteiger partial charge >= 0.3 is 0 Å². The zero-order valence-corrected chi connectivity index (χ0v) is 14.6. The number of amides is 1. The first kappa shape index (κ1) is 17.4. The molecule has 3 rings (SSSR count). The maximum atomic E-state index is 13.1. The number of hydrogen-bond donors (Lipinski definition) is 0. The van der Waals surface area contributed by atoms with Crippen LogP contribution in [0.25, 0.3) is 0 Å². The van der Waals surface area contributed by atoms with Crippen molar-refractivity contribution in [1.29, 1.82) is 0 Å². The summed E-state index contributed by atoms with van der Waals surface area (Å²) in [7, 11) is 0. The molecule has 1 aromatic rings. The fourth-order valence-corrected chi connectivity index (χ4v) is 3.46. The van der Waals surface area contributed by atoms with Crippen LogP contribution in [0.3, 0.4) is 0 Å². The van der Waals surface area contributed by atoms with Gasteiger partial charge in [-0.3, -0.25) is 9.69 Å². The lowest BCUT2D eigenvalue weighted by molar-refractivity contribution is 0.0141. The molecule has 2 heterocycles. The number of hydrogen-bond acceptors (Lipinski definition) is 4. The van der Waals surface area contributed by atoms with Crippen molar-refractivity contribution in [2.45, 2.75) is 25.8 Å². The standard InChI is InChI=1S/C19H28N2O3/c1-16-3-2-4-17(15-16)19(22)21(18-5-11-23-12-6-18)8-7-20-9-13-24-14-10-20/h2-4,15,18H,5-14H2,1H3. The Morgan fingerprint density at radius 1 is 1.17 bits per heavy atom. The second-order valence-electron chi connectivity index (χ2n) is 6.67. The Kier molecular flexibility index (Phi) is 6.24. The smallest absolute Gasteiger partial charge is 0.254 e. The van der Waals surface area contributed by atoms with Crippen molar-refractivity contribution in [3.63, 3.8) is 0 Å². The van der Waals surface area contributed by atoms with E-state index in [1.165, 1.54) is 0 Å². The van der Waals surface area contributed by atoms with Crippen LogP contribution in [0.15, 0.2) is 24.3 Å². The summed E-state index contributed by atoms with van der Waals surface area (Å²) in [6.07, 6.45) is 1.86. The van der Waals surface area contributed by atoms with Gasteiger partial charge in [0.15, 0.2) is 0 Å². The molecule has 0 radical (unpaired) electrons. The highest BCUT2D eigenvalue weighted by molar-refractivity contribution is 5.94. The predicted octanol–water partition coefficient (Wildman–Crippen LogP) is 1.95. The number of morpholine rings is 1. The first-order chi connectivity index (χ1) is 11.7. The molecule has 24 heavy (non-hydrogen) atoms. The molecule has 0 saturated carbocycles. The highest BCUT2D eigenvalue weighted by atomic mass is 16.5. The average Bonchev–Trinajstić information content (AvgIpc) is 2.63. The maximum Gasteiger partial charge on any atom is 0.254 e. The molecule has 0 N–H and O–H groups in total. The molecule has 2 fully saturated rings. The Hall–Kier alpha value is -1.43. The van der Waals surface area contributed by atoms with Gasteiger partial charge in [-0.15, -0.1) is 0 Å². The molecule has 5 heteroatoms. The lowest BCUT2D eigenvalue weighted by Crippen LogP contribution is -2.48. The molecular formula is C19H28N2O3. The number of rotatable bonds is 5. The van der Waals surface area contributed by atoms with Crippen LogP contribution in [0, 0.1) is 6.92 Å². The van der Waals surface area contributed by atoms with Crippen LogP contribution in [0.1, 0.15) is 28.8 Å². The number of ether oxygens (including phenoxy) is 2. The largest absolute Gasteiger partial charge is 0.381 e. The van der Waals surface area contributed by atoms with Gasteiger partial charge in [0.1, 0.15) is 0 Å². The third-order valence-electron chi connectivity index (χ3n) is 4.92. The molecule has 0 aromatic heterocycles. The van der Waals surface area contributed by atoms with Gasteiger partial charge < -0.3 is 14.4 Å². The van der Waals surface area contributed by atoms with Crippen LogP contribution >= 0.6 is 0 Å². The Labute approximate surface area is 144 Å². The van der Waals surface area contributed by atoms with E-state index in [0.29, 0.717) is 0 Å². The molecule has 1 amide bonds. The van der Waals surface area contributed by atoms with Gasteiger partial charge in [0.2, 0.25) is 0 Å². The summed E-state index contributed by atoms with van der Waals surface area (Å²) in [5.41, 5.74) is 1.92. The van der Waals surface area contributed by atoms with Crippen LogP contribution in [-0.4, -0.2) is 74.4 Å². The molecule has 2 aliphatic heterocycles. The maximum absolute atomic E-state index is 13.1. The van der Waals surface area contributed by atoms with Gasteiger partial charge in [-0.25, -0.2) is 0 Å². The highest BCUT2D eigenvalue weighted by Crippen LogP contribution is 2.18. The van der Waals surface area contributed by atoms with Crippen LogP contribution in [0.2, 0.25) is 0 Å². The number of carbonyl (C=O) groups is 1. The fourth-order valence-electron chi connectivity index (χ4n) is 3.46. The van der Waals surface area contributed by atoms with E-state index < -0.39 is 0 Å². The van der Waals surface area contributed by atoms with Gasteiger partial charge in [-0.2, -0.15) is 0 Å². The van der Waals surface area contributed by atoms with Gasteiger partial charge in [-0.05, 0) is 31.9 Å². The minimum atomic E-state index is 0.152. The van der Waals surface area contributed by atoms with E-state index in [-0.39, 0.29) is 11.9 Å². The molecule has 0 unspecified atom stereocenters. The van der Waals surface area contributed by atoms with Crippen molar-refractivity contribution in [2.24, 2.45) is 0 Å². The van der Waals surface area contributed by atoms with Crippen molar-refractivity contribution in [3.8, 4) is 0 Å². The summed E-state index contributed by atoms with van der Waals surface area (Å²) in [6.45, 7) is 8.73. The molecule has 2 aliphatic rings. The normalized spacial score (nSPS) is 20.0. The van der Waals surface area contributed by atoms with E-state index >= 15 is 0 Å². The lowest BCUT2D eigenvalue weighted by Gasteiger charge is -2.36. The molecule has 0 aliphatic carbocycles. The zero-order valence-electron chi connectivity index (χ0n) is 14.6. The highest BCUT2D eigenvalue weighted by Gasteiger charge is 2.27. The Balaban J connectivity index is 1.69. The zero-order chi connectivity index (χ0) is 16.8. The topological polar surface area (TPSA) is 42.0 Å². The third-order valence-corrected chi connectivity index (χ3v) is 4.92.